The molecule has 2 N–H and O–H groups in total. The molecule has 0 amide bonds. The molecule has 1 aromatic heterocycles. The second-order valence-electron chi connectivity index (χ2n) is 4.59. The summed E-state index contributed by atoms with van der Waals surface area (Å²) in [7, 11) is 0. The third-order valence-corrected chi connectivity index (χ3v) is 3.32. The van der Waals surface area contributed by atoms with E-state index in [1.807, 2.05) is 24.5 Å². The molecule has 0 bridgehead atoms. The lowest BCUT2D eigenvalue weighted by Crippen LogP contribution is -2.12. The van der Waals surface area contributed by atoms with Crippen LogP contribution in [0.5, 0.6) is 0 Å². The van der Waals surface area contributed by atoms with Crippen LogP contribution in [0.15, 0.2) is 18.2 Å². The highest BCUT2D eigenvalue weighted by Crippen LogP contribution is 2.26. The molecule has 0 aliphatic rings. The summed E-state index contributed by atoms with van der Waals surface area (Å²) < 4.78 is 1.94. The van der Waals surface area contributed by atoms with E-state index in [1.54, 1.807) is 12.1 Å². The summed E-state index contributed by atoms with van der Waals surface area (Å²) in [6.45, 7) is 4.03. The monoisotopic (exact) mass is 262 g/mol. The average molecular weight is 262 g/mol. The summed E-state index contributed by atoms with van der Waals surface area (Å²) in [4.78, 5) is 15.9. The Balaban J connectivity index is 2.73. The smallest absolute Gasteiger partial charge is 0.337 e. The first-order valence-electron chi connectivity index (χ1n) is 6.44. The van der Waals surface area contributed by atoms with Gasteiger partial charge in [0.25, 0.3) is 0 Å². The maximum absolute atomic E-state index is 11.4. The molecule has 0 radical (unpaired) electrons. The van der Waals surface area contributed by atoms with Gasteiger partial charge in [-0.15, -0.1) is 0 Å². The van der Waals surface area contributed by atoms with Crippen molar-refractivity contribution < 1.29 is 15.0 Å². The Morgan fingerprint density at radius 2 is 2.21 bits per heavy atom. The Labute approximate surface area is 111 Å². The van der Waals surface area contributed by atoms with Gasteiger partial charge in [0, 0.05) is 19.1 Å². The summed E-state index contributed by atoms with van der Waals surface area (Å²) >= 11 is 0. The van der Waals surface area contributed by atoms with E-state index < -0.39 is 5.97 Å². The fraction of sp³-hybridized carbons (Fsp3) is 0.429. The van der Waals surface area contributed by atoms with E-state index in [2.05, 4.69) is 4.98 Å². The molecule has 19 heavy (non-hydrogen) atoms. The van der Waals surface area contributed by atoms with Crippen molar-refractivity contribution in [1.29, 1.82) is 0 Å². The average Bonchev–Trinajstić information content (AvgIpc) is 2.76. The van der Waals surface area contributed by atoms with Crippen molar-refractivity contribution in [3.8, 4) is 0 Å². The minimum Gasteiger partial charge on any atom is -0.478 e. The molecule has 1 unspecified atom stereocenters. The number of nitrogens with zero attached hydrogens (tertiary/aromatic N) is 2. The molecule has 0 fully saturated rings. The summed E-state index contributed by atoms with van der Waals surface area (Å²) in [6, 6.07) is 5.14. The van der Waals surface area contributed by atoms with Crippen LogP contribution < -0.4 is 0 Å². The molecular formula is C14H18N2O3. The highest BCUT2D eigenvalue weighted by Gasteiger charge is 2.19. The van der Waals surface area contributed by atoms with Gasteiger partial charge in [-0.25, -0.2) is 9.78 Å². The molecule has 1 aromatic carbocycles. The van der Waals surface area contributed by atoms with Crippen molar-refractivity contribution in [1.82, 2.24) is 9.55 Å². The summed E-state index contributed by atoms with van der Waals surface area (Å²) in [5.41, 5.74) is 1.60. The lowest BCUT2D eigenvalue weighted by molar-refractivity contribution is 0.0698. The molecule has 1 atom stereocenters. The van der Waals surface area contributed by atoms with Crippen molar-refractivity contribution in [3.63, 3.8) is 0 Å². The van der Waals surface area contributed by atoms with E-state index in [4.69, 9.17) is 5.11 Å². The Bertz CT molecular complexity index is 604. The van der Waals surface area contributed by atoms with Crippen LogP contribution >= 0.6 is 0 Å². The quantitative estimate of drug-likeness (QED) is 0.866. The molecule has 5 heteroatoms. The minimum atomic E-state index is -0.953. The lowest BCUT2D eigenvalue weighted by Gasteiger charge is -2.17. The molecule has 0 saturated heterocycles. The normalized spacial score (nSPS) is 12.8. The summed E-state index contributed by atoms with van der Waals surface area (Å²) in [6.07, 6.45) is 1.30. The SMILES string of the molecule is CCc1nc2cccc(C(=O)O)c2n1C(C)CCO. The summed E-state index contributed by atoms with van der Waals surface area (Å²) in [5.74, 6) is -0.102. The maximum Gasteiger partial charge on any atom is 0.337 e. The number of carboxylic acids is 1. The zero-order valence-electron chi connectivity index (χ0n) is 11.1. The van der Waals surface area contributed by atoms with Gasteiger partial charge in [-0.05, 0) is 25.5 Å². The van der Waals surface area contributed by atoms with Crippen LogP contribution in [0.25, 0.3) is 11.0 Å². The molecule has 0 spiro atoms. The van der Waals surface area contributed by atoms with E-state index in [9.17, 15) is 9.90 Å². The molecule has 5 nitrogen and oxygen atoms in total. The van der Waals surface area contributed by atoms with Crippen molar-refractivity contribution >= 4 is 17.0 Å². The van der Waals surface area contributed by atoms with Crippen LogP contribution in [0, 0.1) is 0 Å². The third-order valence-electron chi connectivity index (χ3n) is 3.32. The second kappa shape index (κ2) is 5.40. The fourth-order valence-electron chi connectivity index (χ4n) is 2.41. The Kier molecular flexibility index (Phi) is 3.85. The van der Waals surface area contributed by atoms with Crippen LogP contribution in [0.4, 0.5) is 0 Å². The van der Waals surface area contributed by atoms with Gasteiger partial charge in [0.2, 0.25) is 0 Å². The summed E-state index contributed by atoms with van der Waals surface area (Å²) in [5, 5.41) is 18.4. The van der Waals surface area contributed by atoms with Gasteiger partial charge in [0.1, 0.15) is 5.82 Å². The number of carboxylic acid groups (broad SMARTS) is 1. The Morgan fingerprint density at radius 1 is 1.47 bits per heavy atom. The largest absolute Gasteiger partial charge is 0.478 e. The number of aromatic carboxylic acids is 1. The number of fused-ring (bicyclic) bond motifs is 1. The van der Waals surface area contributed by atoms with Gasteiger partial charge in [0.05, 0.1) is 16.6 Å². The number of hydrogen-bond donors (Lipinski definition) is 2. The van der Waals surface area contributed by atoms with E-state index in [0.717, 1.165) is 12.2 Å². The minimum absolute atomic E-state index is 0.0189. The molecule has 102 valence electrons. The first kappa shape index (κ1) is 13.5. The van der Waals surface area contributed by atoms with E-state index in [-0.39, 0.29) is 18.2 Å². The van der Waals surface area contributed by atoms with Gasteiger partial charge in [-0.2, -0.15) is 0 Å². The lowest BCUT2D eigenvalue weighted by atomic mass is 10.1. The number of benzene rings is 1. The standard InChI is InChI=1S/C14H18N2O3/c1-3-12-15-11-6-4-5-10(14(18)19)13(11)16(12)9(2)7-8-17/h4-6,9,17H,3,7-8H2,1-2H3,(H,18,19). The van der Waals surface area contributed by atoms with Crippen LogP contribution in [0.1, 0.15) is 42.5 Å². The van der Waals surface area contributed by atoms with Crippen molar-refractivity contribution in [3.05, 3.63) is 29.6 Å². The van der Waals surface area contributed by atoms with Crippen LogP contribution in [-0.2, 0) is 6.42 Å². The van der Waals surface area contributed by atoms with E-state index >= 15 is 0 Å². The zero-order chi connectivity index (χ0) is 14.0. The highest BCUT2D eigenvalue weighted by atomic mass is 16.4. The number of carbonyl (C=O) groups is 1. The number of hydrogen-bond acceptors (Lipinski definition) is 3. The predicted octanol–water partition coefficient (Wildman–Crippen LogP) is 2.24. The molecule has 0 saturated carbocycles. The molecule has 0 aliphatic heterocycles. The number of aryl methyl sites for hydroxylation is 1. The number of aliphatic hydroxyl groups excluding tert-OH is 1. The number of rotatable bonds is 5. The van der Waals surface area contributed by atoms with Crippen molar-refractivity contribution in [2.45, 2.75) is 32.7 Å². The highest BCUT2D eigenvalue weighted by molar-refractivity contribution is 6.01. The molecular weight excluding hydrogens is 244 g/mol. The zero-order valence-corrected chi connectivity index (χ0v) is 11.1. The number of aliphatic hydroxyl groups is 1. The topological polar surface area (TPSA) is 75.3 Å². The fourth-order valence-corrected chi connectivity index (χ4v) is 2.41. The Hall–Kier alpha value is -1.88. The second-order valence-corrected chi connectivity index (χ2v) is 4.59. The molecule has 2 rings (SSSR count). The third kappa shape index (κ3) is 2.33. The number of imidazole rings is 1. The molecule has 2 aromatic rings. The van der Waals surface area contributed by atoms with Gasteiger partial charge in [0.15, 0.2) is 0 Å². The van der Waals surface area contributed by atoms with Crippen LogP contribution in [0.2, 0.25) is 0 Å². The number of aromatic nitrogens is 2. The first-order chi connectivity index (χ1) is 9.10. The first-order valence-corrected chi connectivity index (χ1v) is 6.44. The van der Waals surface area contributed by atoms with Gasteiger partial charge in [-0.3, -0.25) is 0 Å². The predicted molar refractivity (Wildman–Crippen MR) is 72.5 cm³/mol. The van der Waals surface area contributed by atoms with Gasteiger partial charge < -0.3 is 14.8 Å². The van der Waals surface area contributed by atoms with E-state index in [0.29, 0.717) is 17.5 Å². The maximum atomic E-state index is 11.4. The molecule has 0 aliphatic carbocycles. The van der Waals surface area contributed by atoms with Crippen LogP contribution in [-0.4, -0.2) is 32.3 Å². The van der Waals surface area contributed by atoms with Gasteiger partial charge >= 0.3 is 5.97 Å². The molecule has 1 heterocycles. The Morgan fingerprint density at radius 3 is 2.79 bits per heavy atom. The van der Waals surface area contributed by atoms with E-state index in [1.165, 1.54) is 0 Å². The van der Waals surface area contributed by atoms with Gasteiger partial charge in [-0.1, -0.05) is 13.0 Å². The van der Waals surface area contributed by atoms with Crippen LogP contribution in [0.3, 0.4) is 0 Å². The van der Waals surface area contributed by atoms with Crippen molar-refractivity contribution in [2.24, 2.45) is 0 Å². The number of para-hydroxylation sites is 1. The van der Waals surface area contributed by atoms with Crippen molar-refractivity contribution in [2.75, 3.05) is 6.61 Å².